The molecule has 0 bridgehead atoms. The van der Waals surface area contributed by atoms with Crippen LogP contribution in [0, 0.1) is 6.92 Å². The van der Waals surface area contributed by atoms with E-state index in [1.165, 1.54) is 18.3 Å². The van der Waals surface area contributed by atoms with Gasteiger partial charge >= 0.3 is 6.18 Å². The molecule has 5 heterocycles. The van der Waals surface area contributed by atoms with E-state index in [1.54, 1.807) is 40.4 Å². The van der Waals surface area contributed by atoms with E-state index in [0.717, 1.165) is 38.8 Å². The predicted octanol–water partition coefficient (Wildman–Crippen LogP) is 5.11. The van der Waals surface area contributed by atoms with Crippen molar-refractivity contribution in [1.82, 2.24) is 33.9 Å². The monoisotopic (exact) mass is 620 g/mol. The molecule has 1 amide bonds. The summed E-state index contributed by atoms with van der Waals surface area (Å²) >= 11 is 0. The van der Waals surface area contributed by atoms with Crippen molar-refractivity contribution in [3.63, 3.8) is 0 Å². The Hall–Kier alpha value is -4.49. The number of fused-ring (bicyclic) bond motifs is 2. The highest BCUT2D eigenvalue weighted by molar-refractivity contribution is 6.08. The first-order valence-corrected chi connectivity index (χ1v) is 14.9. The molecule has 1 fully saturated rings. The Bertz CT molecular complexity index is 1820. The molecule has 45 heavy (non-hydrogen) atoms. The minimum atomic E-state index is -4.54. The zero-order valence-corrected chi connectivity index (χ0v) is 25.4. The zero-order chi connectivity index (χ0) is 31.7. The molecule has 6 rings (SSSR count). The second-order valence-electron chi connectivity index (χ2n) is 11.5. The maximum atomic E-state index is 13.4. The number of halogens is 3. The van der Waals surface area contributed by atoms with Crippen molar-refractivity contribution in [2.24, 2.45) is 0 Å². The van der Waals surface area contributed by atoms with Crippen LogP contribution in [0.25, 0.3) is 16.6 Å². The number of ether oxygens (including phenoxy) is 1. The Kier molecular flexibility index (Phi) is 8.47. The van der Waals surface area contributed by atoms with E-state index in [1.807, 2.05) is 12.1 Å². The standard InChI is InChI=1S/C32H35F3N8O2/c1-21(2)41-14-12-40(13-15-41)16-17-45-24-10-11-42-27(19-36-29(42)18-24)31(44)38-25-7-5-8-26-30(25)22(3)39-43(26)20-23-6-4-9-28(37-23)32(33,34)35/h4-11,18-19,21H,12-17,20H2,1-3H3,(H,38,44). The molecule has 0 aliphatic carbocycles. The van der Waals surface area contributed by atoms with Crippen LogP contribution in [0.5, 0.6) is 5.75 Å². The second-order valence-corrected chi connectivity index (χ2v) is 11.5. The fourth-order valence-electron chi connectivity index (χ4n) is 5.73. The number of imidazole rings is 1. The van der Waals surface area contributed by atoms with Gasteiger partial charge in [-0.2, -0.15) is 18.3 Å². The van der Waals surface area contributed by atoms with Crippen molar-refractivity contribution in [3.8, 4) is 5.75 Å². The molecule has 0 atom stereocenters. The predicted molar refractivity (Wildman–Crippen MR) is 165 cm³/mol. The lowest BCUT2D eigenvalue weighted by Crippen LogP contribution is -2.49. The third-order valence-corrected chi connectivity index (χ3v) is 8.14. The number of nitrogens with one attached hydrogen (secondary N) is 1. The fraction of sp³-hybridized carbons (Fsp3) is 0.375. The lowest BCUT2D eigenvalue weighted by molar-refractivity contribution is -0.141. The van der Waals surface area contributed by atoms with Gasteiger partial charge in [-0.25, -0.2) is 9.97 Å². The van der Waals surface area contributed by atoms with E-state index in [-0.39, 0.29) is 18.1 Å². The van der Waals surface area contributed by atoms with Crippen molar-refractivity contribution in [3.05, 3.63) is 83.7 Å². The number of hydrogen-bond donors (Lipinski definition) is 1. The van der Waals surface area contributed by atoms with Gasteiger partial charge in [-0.1, -0.05) is 12.1 Å². The third kappa shape index (κ3) is 6.64. The number of hydrogen-bond acceptors (Lipinski definition) is 7. The van der Waals surface area contributed by atoms with Crippen LogP contribution >= 0.6 is 0 Å². The molecule has 0 unspecified atom stereocenters. The molecule has 0 spiro atoms. The van der Waals surface area contributed by atoms with Crippen LogP contribution in [0.15, 0.2) is 60.9 Å². The normalized spacial score (nSPS) is 14.9. The number of alkyl halides is 3. The van der Waals surface area contributed by atoms with Gasteiger partial charge in [-0.05, 0) is 51.1 Å². The second kappa shape index (κ2) is 12.5. The Balaban J connectivity index is 1.13. The highest BCUT2D eigenvalue weighted by atomic mass is 19.4. The van der Waals surface area contributed by atoms with Crippen molar-refractivity contribution < 1.29 is 22.7 Å². The van der Waals surface area contributed by atoms with Crippen LogP contribution in [-0.2, 0) is 12.7 Å². The SMILES string of the molecule is Cc1nn(Cc2cccc(C(F)(F)F)n2)c2cccc(NC(=O)c3cnc4cc(OCCN5CCN(C(C)C)CC5)ccn34)c12. The summed E-state index contributed by atoms with van der Waals surface area (Å²) in [6, 6.07) is 13.3. The van der Waals surface area contributed by atoms with Crippen molar-refractivity contribution in [2.45, 2.75) is 39.5 Å². The first-order valence-electron chi connectivity index (χ1n) is 14.9. The summed E-state index contributed by atoms with van der Waals surface area (Å²) in [5.74, 6) is 0.319. The molecule has 1 saturated heterocycles. The number of aryl methyl sites for hydroxylation is 1. The summed E-state index contributed by atoms with van der Waals surface area (Å²) in [6.45, 7) is 11.9. The highest BCUT2D eigenvalue weighted by Crippen LogP contribution is 2.30. The molecule has 1 aliphatic rings. The molecule has 0 radical (unpaired) electrons. The average molecular weight is 621 g/mol. The average Bonchev–Trinajstić information content (AvgIpc) is 3.58. The number of amides is 1. The van der Waals surface area contributed by atoms with Crippen molar-refractivity contribution in [2.75, 3.05) is 44.6 Å². The topological polar surface area (TPSA) is 92.8 Å². The smallest absolute Gasteiger partial charge is 0.433 e. The van der Waals surface area contributed by atoms with E-state index >= 15 is 0 Å². The highest BCUT2D eigenvalue weighted by Gasteiger charge is 2.32. The van der Waals surface area contributed by atoms with Gasteiger partial charge in [-0.3, -0.25) is 23.7 Å². The van der Waals surface area contributed by atoms with Crippen LogP contribution in [0.2, 0.25) is 0 Å². The number of aromatic nitrogens is 5. The largest absolute Gasteiger partial charge is 0.492 e. The molecule has 5 aromatic rings. The van der Waals surface area contributed by atoms with E-state index in [9.17, 15) is 18.0 Å². The summed E-state index contributed by atoms with van der Waals surface area (Å²) in [7, 11) is 0. The lowest BCUT2D eigenvalue weighted by atomic mass is 10.1. The quantitative estimate of drug-likeness (QED) is 0.245. The minimum absolute atomic E-state index is 0.0398. The first-order chi connectivity index (χ1) is 21.6. The van der Waals surface area contributed by atoms with Crippen molar-refractivity contribution >= 4 is 28.1 Å². The number of anilines is 1. The van der Waals surface area contributed by atoms with E-state index in [0.29, 0.717) is 52.0 Å². The number of carbonyl (C=O) groups is 1. The van der Waals surface area contributed by atoms with Gasteiger partial charge in [-0.15, -0.1) is 0 Å². The van der Waals surface area contributed by atoms with Crippen LogP contribution in [0.3, 0.4) is 0 Å². The Labute approximate surface area is 258 Å². The van der Waals surface area contributed by atoms with Gasteiger partial charge in [0.1, 0.15) is 29.4 Å². The van der Waals surface area contributed by atoms with Crippen LogP contribution < -0.4 is 10.1 Å². The molecular weight excluding hydrogens is 585 g/mol. The molecule has 236 valence electrons. The molecule has 4 aromatic heterocycles. The Morgan fingerprint density at radius 1 is 1.07 bits per heavy atom. The van der Waals surface area contributed by atoms with Gasteiger partial charge in [0.15, 0.2) is 0 Å². The molecule has 13 heteroatoms. The third-order valence-electron chi connectivity index (χ3n) is 8.14. The molecule has 10 nitrogen and oxygen atoms in total. The number of piperazine rings is 1. The molecule has 0 saturated carbocycles. The number of rotatable bonds is 9. The molecule has 1 N–H and O–H groups in total. The molecular formula is C32H35F3N8O2. The minimum Gasteiger partial charge on any atom is -0.492 e. The first kappa shape index (κ1) is 30.5. The number of carbonyl (C=O) groups excluding carboxylic acids is 1. The van der Waals surface area contributed by atoms with Crippen molar-refractivity contribution in [1.29, 1.82) is 0 Å². The summed E-state index contributed by atoms with van der Waals surface area (Å²) in [6.07, 6.45) is -1.26. The maximum Gasteiger partial charge on any atom is 0.433 e. The van der Waals surface area contributed by atoms with Crippen LogP contribution in [0.1, 0.15) is 41.4 Å². The van der Waals surface area contributed by atoms with E-state index < -0.39 is 11.9 Å². The van der Waals surface area contributed by atoms with E-state index in [4.69, 9.17) is 4.74 Å². The molecule has 1 aromatic carbocycles. The number of pyridine rings is 2. The molecule has 1 aliphatic heterocycles. The van der Waals surface area contributed by atoms with Gasteiger partial charge in [0.05, 0.1) is 35.3 Å². The van der Waals surface area contributed by atoms with Crippen LogP contribution in [-0.4, -0.2) is 85.2 Å². The Morgan fingerprint density at radius 3 is 2.60 bits per heavy atom. The zero-order valence-electron chi connectivity index (χ0n) is 25.4. The summed E-state index contributed by atoms with van der Waals surface area (Å²) in [4.78, 5) is 26.5. The number of nitrogens with zero attached hydrogens (tertiary/aromatic N) is 7. The van der Waals surface area contributed by atoms with Crippen LogP contribution in [0.4, 0.5) is 18.9 Å². The fourth-order valence-corrected chi connectivity index (χ4v) is 5.73. The summed E-state index contributed by atoms with van der Waals surface area (Å²) < 4.78 is 48.8. The summed E-state index contributed by atoms with van der Waals surface area (Å²) in [5, 5.41) is 8.19. The maximum absolute atomic E-state index is 13.4. The lowest BCUT2D eigenvalue weighted by Gasteiger charge is -2.36. The Morgan fingerprint density at radius 2 is 1.84 bits per heavy atom. The van der Waals surface area contributed by atoms with Gasteiger partial charge in [0, 0.05) is 56.4 Å². The van der Waals surface area contributed by atoms with Gasteiger partial charge in [0.25, 0.3) is 5.91 Å². The van der Waals surface area contributed by atoms with E-state index in [2.05, 4.69) is 44.0 Å². The van der Waals surface area contributed by atoms with Gasteiger partial charge in [0.2, 0.25) is 0 Å². The van der Waals surface area contributed by atoms with Gasteiger partial charge < -0.3 is 10.1 Å². The summed E-state index contributed by atoms with van der Waals surface area (Å²) in [5.41, 5.74) is 2.00. The number of benzene rings is 1.